The van der Waals surface area contributed by atoms with E-state index in [1.54, 1.807) is 0 Å². The van der Waals surface area contributed by atoms with Gasteiger partial charge >= 0.3 is 6.87 Å². The lowest BCUT2D eigenvalue weighted by Gasteiger charge is -2.14. The minimum absolute atomic E-state index is 0.563. The third-order valence-corrected chi connectivity index (χ3v) is 3.13. The molecular weight excluding hydrogens is 162 g/mol. The number of nitrogens with zero attached hydrogens (tertiary/aromatic N) is 1. The zero-order valence-corrected chi connectivity index (χ0v) is 6.82. The highest BCUT2D eigenvalue weighted by molar-refractivity contribution is 7.83. The van der Waals surface area contributed by atoms with Crippen molar-refractivity contribution in [2.45, 2.75) is 0 Å². The lowest BCUT2D eigenvalue weighted by molar-refractivity contribution is 0.438. The summed E-state index contributed by atoms with van der Waals surface area (Å²) < 4.78 is 16.3. The molecule has 0 aliphatic carbocycles. The van der Waals surface area contributed by atoms with E-state index in [1.807, 2.05) is 0 Å². The summed E-state index contributed by atoms with van der Waals surface area (Å²) in [4.78, 5) is 0. The van der Waals surface area contributed by atoms with Crippen LogP contribution in [0.15, 0.2) is 0 Å². The molecule has 0 saturated carbocycles. The number of hydrogen-bond donors (Lipinski definition) is 1. The van der Waals surface area contributed by atoms with E-state index < -0.39 is 6.87 Å². The average Bonchev–Trinajstić information content (AvgIpc) is 1.65. The molecule has 0 aliphatic heterocycles. The van der Waals surface area contributed by atoms with Gasteiger partial charge in [0.05, 0.1) is 0 Å². The van der Waals surface area contributed by atoms with E-state index in [0.717, 1.165) is 0 Å². The Balaban J connectivity index is 4.02. The van der Waals surface area contributed by atoms with Crippen molar-refractivity contribution in [2.24, 2.45) is 0 Å². The van der Waals surface area contributed by atoms with Crippen LogP contribution in [0.25, 0.3) is 0 Å². The first-order chi connectivity index (χ1) is 4.00. The molecule has 0 aromatic heterocycles. The molecular formula is C3H8ClN2O2P. The Morgan fingerprint density at radius 2 is 2.22 bits per heavy atom. The largest absolute Gasteiger partial charge is 0.412 e. The maximum atomic E-state index is 10.8. The minimum atomic E-state index is -3.20. The van der Waals surface area contributed by atoms with Crippen LogP contribution in [0, 0.1) is 5.41 Å². The zero-order chi connectivity index (χ0) is 7.49. The number of rotatable bonds is 3. The quantitative estimate of drug-likeness (QED) is 0.397. The highest BCUT2D eigenvalue weighted by atomic mass is 35.7. The van der Waals surface area contributed by atoms with Crippen LogP contribution in [0.3, 0.4) is 0 Å². The van der Waals surface area contributed by atoms with Gasteiger partial charge < -0.3 is 4.52 Å². The van der Waals surface area contributed by atoms with Crippen LogP contribution in [0.1, 0.15) is 0 Å². The Morgan fingerprint density at radius 1 is 1.78 bits per heavy atom. The highest BCUT2D eigenvalue weighted by Gasteiger charge is 2.21. The topological polar surface area (TPSA) is 53.4 Å². The molecule has 6 heteroatoms. The van der Waals surface area contributed by atoms with E-state index in [9.17, 15) is 4.57 Å². The van der Waals surface area contributed by atoms with Crippen LogP contribution in [0.2, 0.25) is 0 Å². The minimum Gasteiger partial charge on any atom is -0.411 e. The van der Waals surface area contributed by atoms with Crippen molar-refractivity contribution in [3.05, 3.63) is 0 Å². The third kappa shape index (κ3) is 2.84. The molecule has 0 amide bonds. The summed E-state index contributed by atoms with van der Waals surface area (Å²) in [5.74, 6) is 0. The van der Waals surface area contributed by atoms with Crippen molar-refractivity contribution in [1.82, 2.24) is 4.67 Å². The first-order valence-corrected chi connectivity index (χ1v) is 4.64. The molecule has 0 heterocycles. The zero-order valence-electron chi connectivity index (χ0n) is 5.17. The third-order valence-electron chi connectivity index (χ3n) is 0.661. The van der Waals surface area contributed by atoms with Gasteiger partial charge in [-0.1, -0.05) is 0 Å². The SMILES string of the molecule is CN(C)P(=O)(Cl)OC=N. The van der Waals surface area contributed by atoms with Gasteiger partial charge in [-0.15, -0.1) is 0 Å². The fraction of sp³-hybridized carbons (Fsp3) is 0.667. The predicted molar refractivity (Wildman–Crippen MR) is 37.0 cm³/mol. The van der Waals surface area contributed by atoms with Crippen molar-refractivity contribution in [3.63, 3.8) is 0 Å². The van der Waals surface area contributed by atoms with E-state index in [-0.39, 0.29) is 0 Å². The normalized spacial score (nSPS) is 16.9. The average molecular weight is 171 g/mol. The second kappa shape index (κ2) is 3.20. The summed E-state index contributed by atoms with van der Waals surface area (Å²) >= 11 is 5.28. The second-order valence-corrected chi connectivity index (χ2v) is 4.72. The lowest BCUT2D eigenvalue weighted by Crippen LogP contribution is -2.05. The predicted octanol–water partition coefficient (Wildman–Crippen LogP) is 1.52. The van der Waals surface area contributed by atoms with Crippen molar-refractivity contribution in [2.75, 3.05) is 14.1 Å². The summed E-state index contributed by atoms with van der Waals surface area (Å²) in [6.45, 7) is -3.20. The Morgan fingerprint density at radius 3 is 2.33 bits per heavy atom. The van der Waals surface area contributed by atoms with E-state index in [0.29, 0.717) is 6.40 Å². The maximum Gasteiger partial charge on any atom is 0.412 e. The van der Waals surface area contributed by atoms with Gasteiger partial charge in [0.1, 0.15) is 0 Å². The summed E-state index contributed by atoms with van der Waals surface area (Å²) in [7, 11) is 3.02. The highest BCUT2D eigenvalue weighted by Crippen LogP contribution is 2.53. The Labute approximate surface area is 58.6 Å². The molecule has 0 radical (unpaired) electrons. The van der Waals surface area contributed by atoms with Gasteiger partial charge in [0.25, 0.3) is 0 Å². The molecule has 0 aromatic carbocycles. The molecule has 0 aromatic rings. The van der Waals surface area contributed by atoms with Crippen LogP contribution < -0.4 is 0 Å². The first-order valence-electron chi connectivity index (χ1n) is 2.15. The fourth-order valence-electron chi connectivity index (χ4n) is 0.159. The summed E-state index contributed by atoms with van der Waals surface area (Å²) in [6, 6.07) is 0. The molecule has 9 heavy (non-hydrogen) atoms. The van der Waals surface area contributed by atoms with Gasteiger partial charge in [0.2, 0.25) is 0 Å². The standard InChI is InChI=1S/C3H8ClN2O2P/c1-6(2)9(4,7)8-3-5/h3,5H,1-2H3. The smallest absolute Gasteiger partial charge is 0.411 e. The Hall–Kier alpha value is -0.0500. The Bertz CT molecular complexity index is 149. The second-order valence-electron chi connectivity index (χ2n) is 1.52. The fourth-order valence-corrected chi connectivity index (χ4v) is 0.597. The van der Waals surface area contributed by atoms with E-state index in [1.165, 1.54) is 18.8 Å². The molecule has 0 aliphatic rings. The number of nitrogens with one attached hydrogen (secondary N) is 1. The molecule has 0 fully saturated rings. The van der Waals surface area contributed by atoms with Crippen molar-refractivity contribution in [3.8, 4) is 0 Å². The first kappa shape index (κ1) is 8.95. The van der Waals surface area contributed by atoms with Crippen LogP contribution in [0.4, 0.5) is 0 Å². The van der Waals surface area contributed by atoms with Crippen molar-refractivity contribution < 1.29 is 9.09 Å². The molecule has 0 rings (SSSR count). The molecule has 1 atom stereocenters. The van der Waals surface area contributed by atoms with Crippen molar-refractivity contribution >= 4 is 24.5 Å². The molecule has 0 saturated heterocycles. The Kier molecular flexibility index (Phi) is 3.18. The molecule has 0 spiro atoms. The van der Waals surface area contributed by atoms with Gasteiger partial charge in [0.15, 0.2) is 6.40 Å². The summed E-state index contributed by atoms with van der Waals surface area (Å²) in [6.07, 6.45) is 0.563. The number of hydrogen-bond acceptors (Lipinski definition) is 3. The molecule has 1 unspecified atom stereocenters. The monoisotopic (exact) mass is 170 g/mol. The maximum absolute atomic E-state index is 10.8. The van der Waals surface area contributed by atoms with E-state index in [4.69, 9.17) is 16.7 Å². The van der Waals surface area contributed by atoms with Gasteiger partial charge in [-0.05, 0) is 14.1 Å². The molecule has 54 valence electrons. The van der Waals surface area contributed by atoms with Gasteiger partial charge in [-0.25, -0.2) is 9.24 Å². The van der Waals surface area contributed by atoms with Crippen LogP contribution >= 0.6 is 18.1 Å². The van der Waals surface area contributed by atoms with Gasteiger partial charge in [-0.3, -0.25) is 5.41 Å². The van der Waals surface area contributed by atoms with Crippen LogP contribution in [-0.2, 0) is 9.09 Å². The van der Waals surface area contributed by atoms with Gasteiger partial charge in [-0.2, -0.15) is 0 Å². The van der Waals surface area contributed by atoms with Gasteiger partial charge in [0, 0.05) is 11.2 Å². The lowest BCUT2D eigenvalue weighted by atomic mass is 11.3. The van der Waals surface area contributed by atoms with E-state index >= 15 is 0 Å². The molecule has 4 nitrogen and oxygen atoms in total. The summed E-state index contributed by atoms with van der Waals surface area (Å²) in [5, 5.41) is 6.42. The molecule has 1 N–H and O–H groups in total. The molecule has 0 bridgehead atoms. The van der Waals surface area contributed by atoms with Crippen molar-refractivity contribution in [1.29, 1.82) is 5.41 Å². The number of halogens is 1. The van der Waals surface area contributed by atoms with E-state index in [2.05, 4.69) is 4.52 Å². The summed E-state index contributed by atoms with van der Waals surface area (Å²) in [5.41, 5.74) is 0. The van der Waals surface area contributed by atoms with Crippen LogP contribution in [0.5, 0.6) is 0 Å². The van der Waals surface area contributed by atoms with Crippen LogP contribution in [-0.4, -0.2) is 25.2 Å².